The molecule has 1 fully saturated rings. The first kappa shape index (κ1) is 21.4. The third-order valence-electron chi connectivity index (χ3n) is 5.53. The molecule has 3 aromatic heterocycles. The van der Waals surface area contributed by atoms with Crippen LogP contribution in [0.1, 0.15) is 35.8 Å². The van der Waals surface area contributed by atoms with Gasteiger partial charge in [-0.05, 0) is 49.6 Å². The zero-order valence-corrected chi connectivity index (χ0v) is 18.3. The number of aromatic amines is 1. The van der Waals surface area contributed by atoms with Gasteiger partial charge in [-0.15, -0.1) is 0 Å². The maximum absolute atomic E-state index is 13.6. The van der Waals surface area contributed by atoms with Gasteiger partial charge in [0.05, 0.1) is 23.6 Å². The van der Waals surface area contributed by atoms with E-state index in [1.807, 2.05) is 24.3 Å². The number of fused-ring (bicyclic) bond motifs is 1. The molecule has 3 N–H and O–H groups in total. The fraction of sp³-hybridized carbons (Fsp3) is 0.160. The Hall–Kier alpha value is -4.40. The molecule has 170 valence electrons. The predicted molar refractivity (Wildman–Crippen MR) is 128 cm³/mol. The van der Waals surface area contributed by atoms with Crippen molar-refractivity contribution in [2.24, 2.45) is 5.92 Å². The normalized spacial score (nSPS) is 13.4. The third-order valence-corrected chi connectivity index (χ3v) is 5.53. The van der Waals surface area contributed by atoms with Crippen molar-refractivity contribution < 1.29 is 14.0 Å². The molecular weight excluding hydrogens is 435 g/mol. The molecule has 4 aromatic rings. The Balaban J connectivity index is 1.44. The highest BCUT2D eigenvalue weighted by Crippen LogP contribution is 2.31. The fourth-order valence-electron chi connectivity index (χ4n) is 3.66. The molecule has 0 aliphatic heterocycles. The summed E-state index contributed by atoms with van der Waals surface area (Å²) in [7, 11) is 0. The summed E-state index contributed by atoms with van der Waals surface area (Å²) in [4.78, 5) is 33.4. The number of benzene rings is 1. The molecule has 5 rings (SSSR count). The number of hydrogen-bond acceptors (Lipinski definition) is 5. The van der Waals surface area contributed by atoms with Crippen LogP contribution < -0.4 is 10.6 Å². The van der Waals surface area contributed by atoms with Crippen LogP contribution in [0, 0.1) is 11.7 Å². The van der Waals surface area contributed by atoms with E-state index in [2.05, 4.69) is 30.8 Å². The monoisotopic (exact) mass is 456 g/mol. The van der Waals surface area contributed by atoms with Gasteiger partial charge in [-0.25, -0.2) is 9.37 Å². The topological polar surface area (TPSA) is 113 Å². The van der Waals surface area contributed by atoms with E-state index in [1.54, 1.807) is 31.5 Å². The number of allylic oxidation sites excluding steroid dienone is 1. The van der Waals surface area contributed by atoms with E-state index in [4.69, 9.17) is 0 Å². The SMILES string of the molecule is C/C=C/c1cc(F)cnc1NC(=O)c1n[nH]c2ccc(-c3cncc(NC(=O)C4CC4)c3)cc12. The van der Waals surface area contributed by atoms with E-state index >= 15 is 0 Å². The average Bonchev–Trinajstić information content (AvgIpc) is 3.60. The van der Waals surface area contributed by atoms with Crippen molar-refractivity contribution in [3.05, 3.63) is 72.1 Å². The van der Waals surface area contributed by atoms with E-state index in [1.165, 1.54) is 6.07 Å². The van der Waals surface area contributed by atoms with Gasteiger partial charge in [-0.1, -0.05) is 18.2 Å². The van der Waals surface area contributed by atoms with Crippen molar-refractivity contribution in [3.8, 4) is 11.1 Å². The van der Waals surface area contributed by atoms with Crippen LogP contribution in [0.25, 0.3) is 28.1 Å². The number of carbonyl (C=O) groups excluding carboxylic acids is 2. The van der Waals surface area contributed by atoms with Crippen molar-refractivity contribution >= 4 is 40.3 Å². The van der Waals surface area contributed by atoms with Crippen LogP contribution in [-0.2, 0) is 4.79 Å². The Kier molecular flexibility index (Phi) is 5.59. The standard InChI is InChI=1S/C25H21FN6O2/c1-2-3-16-8-18(26)12-28-23(16)30-25(34)22-20-10-15(6-7-21(20)31-32-22)17-9-19(13-27-11-17)29-24(33)14-4-5-14/h2-3,6-14H,4-5H2,1H3,(H,29,33)(H,31,32)(H,28,30,34)/b3-2+. The molecule has 0 unspecified atom stereocenters. The zero-order chi connectivity index (χ0) is 23.7. The summed E-state index contributed by atoms with van der Waals surface area (Å²) in [5.41, 5.74) is 3.54. The highest BCUT2D eigenvalue weighted by molar-refractivity contribution is 6.11. The van der Waals surface area contributed by atoms with Gasteiger partial charge < -0.3 is 10.6 Å². The smallest absolute Gasteiger partial charge is 0.277 e. The quantitative estimate of drug-likeness (QED) is 0.386. The number of amides is 2. The molecule has 1 aliphatic carbocycles. The van der Waals surface area contributed by atoms with Gasteiger partial charge >= 0.3 is 0 Å². The van der Waals surface area contributed by atoms with Gasteiger partial charge in [-0.2, -0.15) is 5.10 Å². The zero-order valence-electron chi connectivity index (χ0n) is 18.3. The molecule has 0 atom stereocenters. The highest BCUT2D eigenvalue weighted by atomic mass is 19.1. The van der Waals surface area contributed by atoms with E-state index in [-0.39, 0.29) is 23.3 Å². The van der Waals surface area contributed by atoms with Gasteiger partial charge in [0.15, 0.2) is 5.69 Å². The lowest BCUT2D eigenvalue weighted by atomic mass is 10.0. The molecule has 0 radical (unpaired) electrons. The number of carbonyl (C=O) groups is 2. The third kappa shape index (κ3) is 4.40. The molecule has 0 bridgehead atoms. The first-order valence-electron chi connectivity index (χ1n) is 10.9. The van der Waals surface area contributed by atoms with Crippen LogP contribution in [0.3, 0.4) is 0 Å². The number of nitrogens with one attached hydrogen (secondary N) is 3. The molecule has 3 heterocycles. The molecule has 8 nitrogen and oxygen atoms in total. The number of pyridine rings is 2. The van der Waals surface area contributed by atoms with Crippen LogP contribution >= 0.6 is 0 Å². The van der Waals surface area contributed by atoms with E-state index in [9.17, 15) is 14.0 Å². The molecule has 34 heavy (non-hydrogen) atoms. The van der Waals surface area contributed by atoms with Crippen LogP contribution in [0.15, 0.2) is 55.0 Å². The highest BCUT2D eigenvalue weighted by Gasteiger charge is 2.29. The first-order valence-corrected chi connectivity index (χ1v) is 10.9. The Morgan fingerprint density at radius 3 is 2.74 bits per heavy atom. The molecule has 0 saturated heterocycles. The van der Waals surface area contributed by atoms with Crippen molar-refractivity contribution in [2.45, 2.75) is 19.8 Å². The Labute approximate surface area is 194 Å². The number of H-pyrrole nitrogens is 1. The minimum Gasteiger partial charge on any atom is -0.324 e. The fourth-order valence-corrected chi connectivity index (χ4v) is 3.66. The van der Waals surface area contributed by atoms with Gasteiger partial charge in [0, 0.05) is 28.6 Å². The average molecular weight is 456 g/mol. The number of nitrogens with zero attached hydrogens (tertiary/aromatic N) is 3. The summed E-state index contributed by atoms with van der Waals surface area (Å²) < 4.78 is 13.6. The predicted octanol–water partition coefficient (Wildman–Crippen LogP) is 4.79. The lowest BCUT2D eigenvalue weighted by Gasteiger charge is -2.08. The number of hydrogen-bond donors (Lipinski definition) is 3. The van der Waals surface area contributed by atoms with Gasteiger partial charge in [0.2, 0.25) is 5.91 Å². The van der Waals surface area contributed by atoms with Crippen molar-refractivity contribution in [2.75, 3.05) is 10.6 Å². The molecule has 2 amide bonds. The maximum atomic E-state index is 13.6. The lowest BCUT2D eigenvalue weighted by molar-refractivity contribution is -0.117. The summed E-state index contributed by atoms with van der Waals surface area (Å²) >= 11 is 0. The van der Waals surface area contributed by atoms with Gasteiger partial charge in [-0.3, -0.25) is 19.7 Å². The molecule has 1 aliphatic rings. The van der Waals surface area contributed by atoms with Gasteiger partial charge in [0.25, 0.3) is 5.91 Å². The van der Waals surface area contributed by atoms with Crippen LogP contribution in [0.2, 0.25) is 0 Å². The molecular formula is C25H21FN6O2. The molecule has 0 spiro atoms. The Bertz CT molecular complexity index is 1440. The molecule has 9 heteroatoms. The second-order valence-corrected chi connectivity index (χ2v) is 8.10. The van der Waals surface area contributed by atoms with E-state index in [0.29, 0.717) is 22.2 Å². The maximum Gasteiger partial charge on any atom is 0.277 e. The minimum atomic E-state index is -0.495. The lowest BCUT2D eigenvalue weighted by Crippen LogP contribution is -2.15. The molecule has 1 saturated carbocycles. The van der Waals surface area contributed by atoms with Gasteiger partial charge in [0.1, 0.15) is 11.6 Å². The summed E-state index contributed by atoms with van der Waals surface area (Å²) in [6, 6.07) is 8.69. The first-order chi connectivity index (χ1) is 16.5. The number of halogens is 1. The summed E-state index contributed by atoms with van der Waals surface area (Å²) in [5, 5.41) is 13.3. The minimum absolute atomic E-state index is 0.00915. The number of aromatic nitrogens is 4. The molecule has 1 aromatic carbocycles. The van der Waals surface area contributed by atoms with Crippen molar-refractivity contribution in [1.29, 1.82) is 0 Å². The van der Waals surface area contributed by atoms with E-state index < -0.39 is 11.7 Å². The van der Waals surface area contributed by atoms with Crippen molar-refractivity contribution in [3.63, 3.8) is 0 Å². The summed E-state index contributed by atoms with van der Waals surface area (Å²) in [6.07, 6.45) is 9.59. The second kappa shape index (κ2) is 8.86. The Morgan fingerprint density at radius 1 is 1.09 bits per heavy atom. The van der Waals surface area contributed by atoms with Crippen LogP contribution in [0.4, 0.5) is 15.9 Å². The Morgan fingerprint density at radius 2 is 1.94 bits per heavy atom. The summed E-state index contributed by atoms with van der Waals surface area (Å²) in [6.45, 7) is 1.79. The van der Waals surface area contributed by atoms with Crippen molar-refractivity contribution in [1.82, 2.24) is 20.2 Å². The number of anilines is 2. The number of rotatable bonds is 6. The van der Waals surface area contributed by atoms with Crippen LogP contribution in [0.5, 0.6) is 0 Å². The second-order valence-electron chi connectivity index (χ2n) is 8.10. The summed E-state index contributed by atoms with van der Waals surface area (Å²) in [5.74, 6) is -0.632. The largest absolute Gasteiger partial charge is 0.324 e. The van der Waals surface area contributed by atoms with Crippen LogP contribution in [-0.4, -0.2) is 32.0 Å². The van der Waals surface area contributed by atoms with E-state index in [0.717, 1.165) is 30.2 Å².